The zero-order valence-corrected chi connectivity index (χ0v) is 14.3. The number of rotatable bonds is 5. The van der Waals surface area contributed by atoms with Gasteiger partial charge in [0.05, 0.1) is 0 Å². The fourth-order valence-electron chi connectivity index (χ4n) is 1.68. The van der Waals surface area contributed by atoms with Crippen molar-refractivity contribution in [3.05, 3.63) is 52.4 Å². The molecule has 3 aromatic rings. The topological polar surface area (TPSA) is 80.9 Å². The first kappa shape index (κ1) is 16.0. The summed E-state index contributed by atoms with van der Waals surface area (Å²) in [6, 6.07) is 9.19. The summed E-state index contributed by atoms with van der Waals surface area (Å²) in [5, 5.41) is 15.4. The fraction of sp³-hybridized carbons (Fsp3) is 0.143. The molecule has 3 rings (SSSR count). The summed E-state index contributed by atoms with van der Waals surface area (Å²) in [5.41, 5.74) is 1.35. The molecule has 1 aromatic carbocycles. The van der Waals surface area contributed by atoms with Crippen LogP contribution in [0.3, 0.4) is 0 Å². The second-order valence-electron chi connectivity index (χ2n) is 4.57. The molecule has 2 heterocycles. The van der Waals surface area contributed by atoms with Gasteiger partial charge in [-0.2, -0.15) is 0 Å². The maximum Gasteiger partial charge on any atom is 0.279 e. The second kappa shape index (κ2) is 7.12. The minimum absolute atomic E-state index is 0.216. The van der Waals surface area contributed by atoms with Gasteiger partial charge in [-0.3, -0.25) is 10.1 Å². The lowest BCUT2D eigenvalue weighted by Crippen LogP contribution is -2.11. The number of hydrogen-bond donors (Lipinski definition) is 1. The quantitative estimate of drug-likeness (QED) is 0.542. The number of aryl methyl sites for hydroxylation is 1. The molecule has 0 spiro atoms. The maximum absolute atomic E-state index is 11.9. The van der Waals surface area contributed by atoms with Crippen LogP contribution in [0.15, 0.2) is 39.2 Å². The van der Waals surface area contributed by atoms with E-state index in [0.29, 0.717) is 15.9 Å². The lowest BCUT2D eigenvalue weighted by atomic mass is 10.2. The normalized spacial score (nSPS) is 10.7. The van der Waals surface area contributed by atoms with Crippen molar-refractivity contribution in [3.63, 3.8) is 0 Å². The first-order valence-corrected chi connectivity index (χ1v) is 8.73. The Kier molecular flexibility index (Phi) is 4.94. The smallest absolute Gasteiger partial charge is 0.279 e. The number of halogens is 1. The predicted octanol–water partition coefficient (Wildman–Crippen LogP) is 4.03. The highest BCUT2D eigenvalue weighted by molar-refractivity contribution is 8.00. The van der Waals surface area contributed by atoms with E-state index in [1.54, 1.807) is 24.8 Å². The molecule has 1 amide bonds. The molecule has 0 bridgehead atoms. The van der Waals surface area contributed by atoms with Gasteiger partial charge in [-0.25, -0.2) is 0 Å². The Morgan fingerprint density at radius 1 is 1.35 bits per heavy atom. The minimum Gasteiger partial charge on any atom is -0.361 e. The van der Waals surface area contributed by atoms with E-state index in [2.05, 4.69) is 20.7 Å². The molecule has 0 aliphatic carbocycles. The van der Waals surface area contributed by atoms with Crippen LogP contribution in [0.5, 0.6) is 0 Å². The average Bonchev–Trinajstić information content (AvgIpc) is 3.16. The highest BCUT2D eigenvalue weighted by Crippen LogP contribution is 2.28. The summed E-state index contributed by atoms with van der Waals surface area (Å²) in [6.07, 6.45) is 0. The van der Waals surface area contributed by atoms with Gasteiger partial charge >= 0.3 is 0 Å². The molecule has 0 unspecified atom stereocenters. The summed E-state index contributed by atoms with van der Waals surface area (Å²) >= 11 is 8.71. The molecule has 1 N–H and O–H groups in total. The number of benzene rings is 1. The number of nitrogens with one attached hydrogen (secondary N) is 1. The van der Waals surface area contributed by atoms with Crippen LogP contribution in [0.2, 0.25) is 5.02 Å². The molecule has 2 aromatic heterocycles. The molecule has 0 fully saturated rings. The SMILES string of the molecule is Cc1cc(C(=O)Nc2nnc(SCc3ccc(Cl)cc3)s2)no1. The Bertz CT molecular complexity index is 816. The van der Waals surface area contributed by atoms with Crippen molar-refractivity contribution in [2.45, 2.75) is 17.0 Å². The van der Waals surface area contributed by atoms with Crippen molar-refractivity contribution in [2.75, 3.05) is 5.32 Å². The van der Waals surface area contributed by atoms with E-state index < -0.39 is 0 Å². The van der Waals surface area contributed by atoms with Crippen molar-refractivity contribution < 1.29 is 9.32 Å². The van der Waals surface area contributed by atoms with Gasteiger partial charge in [0.15, 0.2) is 10.0 Å². The van der Waals surface area contributed by atoms with Gasteiger partial charge in [0, 0.05) is 16.8 Å². The van der Waals surface area contributed by atoms with E-state index in [-0.39, 0.29) is 11.6 Å². The van der Waals surface area contributed by atoms with Crippen LogP contribution in [-0.2, 0) is 5.75 Å². The molecule has 6 nitrogen and oxygen atoms in total. The maximum atomic E-state index is 11.9. The zero-order chi connectivity index (χ0) is 16.2. The van der Waals surface area contributed by atoms with Crippen LogP contribution >= 0.6 is 34.7 Å². The van der Waals surface area contributed by atoms with Crippen molar-refractivity contribution in [1.29, 1.82) is 0 Å². The number of aromatic nitrogens is 3. The minimum atomic E-state index is -0.368. The zero-order valence-electron chi connectivity index (χ0n) is 11.9. The Hall–Kier alpha value is -1.90. The molecule has 9 heteroatoms. The Morgan fingerprint density at radius 2 is 2.13 bits per heavy atom. The van der Waals surface area contributed by atoms with Crippen LogP contribution < -0.4 is 5.32 Å². The highest BCUT2D eigenvalue weighted by Gasteiger charge is 2.14. The second-order valence-corrected chi connectivity index (χ2v) is 7.20. The summed E-state index contributed by atoms with van der Waals surface area (Å²) in [7, 11) is 0. The average molecular weight is 367 g/mol. The van der Waals surface area contributed by atoms with Gasteiger partial charge in [-0.05, 0) is 24.6 Å². The molecule has 0 radical (unpaired) electrons. The highest BCUT2D eigenvalue weighted by atomic mass is 35.5. The lowest BCUT2D eigenvalue weighted by molar-refractivity contribution is 0.101. The standard InChI is InChI=1S/C14H11ClN4O2S2/c1-8-6-11(19-21-8)12(20)16-13-17-18-14(23-13)22-7-9-2-4-10(15)5-3-9/h2-6H,7H2,1H3,(H,16,17,20). The number of amides is 1. The number of carbonyl (C=O) groups is 1. The fourth-order valence-corrected chi connectivity index (χ4v) is 3.51. The van der Waals surface area contributed by atoms with Crippen LogP contribution in [0.25, 0.3) is 0 Å². The van der Waals surface area contributed by atoms with Gasteiger partial charge in [0.25, 0.3) is 5.91 Å². The monoisotopic (exact) mass is 366 g/mol. The van der Waals surface area contributed by atoms with E-state index in [9.17, 15) is 4.79 Å². The molecule has 0 aliphatic rings. The van der Waals surface area contributed by atoms with Crippen LogP contribution in [0, 0.1) is 6.92 Å². The Morgan fingerprint density at radius 3 is 2.83 bits per heavy atom. The number of carbonyl (C=O) groups excluding carboxylic acids is 1. The molecule has 118 valence electrons. The van der Waals surface area contributed by atoms with E-state index in [1.807, 2.05) is 24.3 Å². The summed E-state index contributed by atoms with van der Waals surface area (Å²) in [4.78, 5) is 11.9. The molecule has 0 aliphatic heterocycles. The predicted molar refractivity (Wildman–Crippen MR) is 90.1 cm³/mol. The van der Waals surface area contributed by atoms with Crippen molar-refractivity contribution in [1.82, 2.24) is 15.4 Å². The van der Waals surface area contributed by atoms with Crippen LogP contribution in [0.4, 0.5) is 5.13 Å². The first-order valence-electron chi connectivity index (χ1n) is 6.55. The molecule has 0 atom stereocenters. The van der Waals surface area contributed by atoms with Crippen LogP contribution in [-0.4, -0.2) is 21.3 Å². The number of thioether (sulfide) groups is 1. The van der Waals surface area contributed by atoms with E-state index in [0.717, 1.165) is 15.7 Å². The Balaban J connectivity index is 1.57. The molecule has 23 heavy (non-hydrogen) atoms. The molecular weight excluding hydrogens is 356 g/mol. The first-order chi connectivity index (χ1) is 11.1. The number of anilines is 1. The number of hydrogen-bond acceptors (Lipinski definition) is 7. The Labute approximate surface area is 145 Å². The van der Waals surface area contributed by atoms with Crippen molar-refractivity contribution in [2.24, 2.45) is 0 Å². The van der Waals surface area contributed by atoms with Gasteiger partial charge < -0.3 is 4.52 Å². The third kappa shape index (κ3) is 4.31. The molecular formula is C14H11ClN4O2S2. The van der Waals surface area contributed by atoms with E-state index >= 15 is 0 Å². The molecule has 0 saturated carbocycles. The van der Waals surface area contributed by atoms with Gasteiger partial charge in [-0.15, -0.1) is 10.2 Å². The van der Waals surface area contributed by atoms with Gasteiger partial charge in [0.2, 0.25) is 5.13 Å². The summed E-state index contributed by atoms with van der Waals surface area (Å²) < 4.78 is 5.64. The molecule has 0 saturated heterocycles. The largest absolute Gasteiger partial charge is 0.361 e. The summed E-state index contributed by atoms with van der Waals surface area (Å²) in [5.74, 6) is 0.960. The van der Waals surface area contributed by atoms with Crippen molar-refractivity contribution in [3.8, 4) is 0 Å². The summed E-state index contributed by atoms with van der Waals surface area (Å²) in [6.45, 7) is 1.72. The van der Waals surface area contributed by atoms with Gasteiger partial charge in [-0.1, -0.05) is 52.0 Å². The van der Waals surface area contributed by atoms with E-state index in [4.69, 9.17) is 16.1 Å². The van der Waals surface area contributed by atoms with E-state index in [1.165, 1.54) is 11.3 Å². The van der Waals surface area contributed by atoms with Gasteiger partial charge in [0.1, 0.15) is 5.76 Å². The third-order valence-electron chi connectivity index (χ3n) is 2.76. The van der Waals surface area contributed by atoms with Crippen molar-refractivity contribution >= 4 is 45.7 Å². The lowest BCUT2D eigenvalue weighted by Gasteiger charge is -1.98. The van der Waals surface area contributed by atoms with Crippen LogP contribution in [0.1, 0.15) is 21.8 Å². The number of nitrogens with zero attached hydrogens (tertiary/aromatic N) is 3. The third-order valence-corrected chi connectivity index (χ3v) is 5.06.